The van der Waals surface area contributed by atoms with E-state index in [4.69, 9.17) is 4.74 Å². The van der Waals surface area contributed by atoms with E-state index in [1.165, 1.54) is 0 Å². The Balaban J connectivity index is 1.91. The van der Waals surface area contributed by atoms with Crippen molar-refractivity contribution in [2.75, 3.05) is 0 Å². The van der Waals surface area contributed by atoms with Gasteiger partial charge in [-0.05, 0) is 39.5 Å². The summed E-state index contributed by atoms with van der Waals surface area (Å²) in [5, 5.41) is 2.52. The van der Waals surface area contributed by atoms with Gasteiger partial charge in [0.15, 0.2) is 11.7 Å². The van der Waals surface area contributed by atoms with Crippen LogP contribution >= 0.6 is 0 Å². The number of halogens is 3. The number of cyclic esters (lactones) is 1. The minimum atomic E-state index is -4.22. The summed E-state index contributed by atoms with van der Waals surface area (Å²) in [4.78, 5) is 35.9. The zero-order valence-corrected chi connectivity index (χ0v) is 13.0. The van der Waals surface area contributed by atoms with Gasteiger partial charge >= 0.3 is 12.1 Å². The smallest absolute Gasteiger partial charge is 0.391 e. The molecule has 2 fully saturated rings. The molecule has 1 aliphatic heterocycles. The van der Waals surface area contributed by atoms with Gasteiger partial charge in [-0.3, -0.25) is 14.4 Å². The van der Waals surface area contributed by atoms with Crippen molar-refractivity contribution in [3.05, 3.63) is 0 Å². The first kappa shape index (κ1) is 17.7. The van der Waals surface area contributed by atoms with Crippen LogP contribution in [0.25, 0.3) is 0 Å². The summed E-state index contributed by atoms with van der Waals surface area (Å²) < 4.78 is 42.9. The fourth-order valence-electron chi connectivity index (χ4n) is 3.12. The molecule has 23 heavy (non-hydrogen) atoms. The van der Waals surface area contributed by atoms with E-state index in [-0.39, 0.29) is 32.1 Å². The molecular weight excluding hydrogens is 315 g/mol. The Kier molecular flexibility index (Phi) is 4.73. The summed E-state index contributed by atoms with van der Waals surface area (Å²) in [6, 6.07) is -0.448. The first-order valence-corrected chi connectivity index (χ1v) is 7.62. The molecule has 8 heteroatoms. The number of hydrogen-bond donors (Lipinski definition) is 1. The van der Waals surface area contributed by atoms with Crippen molar-refractivity contribution in [2.24, 2.45) is 11.8 Å². The van der Waals surface area contributed by atoms with Crippen LogP contribution in [0.5, 0.6) is 0 Å². The van der Waals surface area contributed by atoms with E-state index >= 15 is 0 Å². The maximum absolute atomic E-state index is 12.6. The highest BCUT2D eigenvalue weighted by atomic mass is 19.4. The van der Waals surface area contributed by atoms with Crippen LogP contribution in [-0.2, 0) is 19.1 Å². The van der Waals surface area contributed by atoms with Gasteiger partial charge in [0.2, 0.25) is 5.91 Å². The highest BCUT2D eigenvalue weighted by Crippen LogP contribution is 2.37. The van der Waals surface area contributed by atoms with E-state index in [0.29, 0.717) is 0 Å². The number of amides is 1. The number of carbonyl (C=O) groups excluding carboxylic acids is 3. The molecule has 0 aromatic rings. The van der Waals surface area contributed by atoms with Gasteiger partial charge in [0.05, 0.1) is 5.92 Å². The Bertz CT molecular complexity index is 487. The zero-order chi connectivity index (χ0) is 17.4. The fourth-order valence-corrected chi connectivity index (χ4v) is 3.12. The Morgan fingerprint density at radius 3 is 2.22 bits per heavy atom. The summed E-state index contributed by atoms with van der Waals surface area (Å²) in [5.41, 5.74) is -0.935. The molecule has 1 atom stereocenters. The average molecular weight is 335 g/mol. The van der Waals surface area contributed by atoms with E-state index in [1.54, 1.807) is 13.8 Å². The molecule has 130 valence electrons. The lowest BCUT2D eigenvalue weighted by atomic mass is 9.84. The standard InChI is InChI=1S/C15H20F3NO4/c1-14(2)7-10(20)11(13(22)23-14)12(21)19-9-5-3-8(4-6-9)15(16,17)18/h8-9,11H,3-7H2,1-2H3,(H,19,21). The molecule has 1 N–H and O–H groups in total. The first-order valence-electron chi connectivity index (χ1n) is 7.62. The lowest BCUT2D eigenvalue weighted by molar-refractivity contribution is -0.182. The van der Waals surface area contributed by atoms with Crippen molar-refractivity contribution in [3.63, 3.8) is 0 Å². The quantitative estimate of drug-likeness (QED) is 0.620. The first-order chi connectivity index (χ1) is 10.5. The van der Waals surface area contributed by atoms with Gasteiger partial charge in [0.1, 0.15) is 5.60 Å². The summed E-state index contributed by atoms with van der Waals surface area (Å²) in [7, 11) is 0. The molecule has 1 amide bonds. The largest absolute Gasteiger partial charge is 0.458 e. The lowest BCUT2D eigenvalue weighted by Gasteiger charge is -2.34. The second-order valence-corrected chi connectivity index (χ2v) is 6.86. The number of ketones is 1. The van der Waals surface area contributed by atoms with Crippen molar-refractivity contribution < 1.29 is 32.3 Å². The van der Waals surface area contributed by atoms with Crippen molar-refractivity contribution >= 4 is 17.7 Å². The molecule has 1 saturated heterocycles. The average Bonchev–Trinajstić information content (AvgIpc) is 2.35. The van der Waals surface area contributed by atoms with Crippen LogP contribution in [0.3, 0.4) is 0 Å². The summed E-state index contributed by atoms with van der Waals surface area (Å²) in [6.45, 7) is 3.16. The molecule has 0 bridgehead atoms. The SMILES string of the molecule is CC1(C)CC(=O)C(C(=O)NC2CCC(C(F)(F)F)CC2)C(=O)O1. The molecule has 0 aromatic heterocycles. The monoisotopic (exact) mass is 335 g/mol. The Morgan fingerprint density at radius 1 is 1.17 bits per heavy atom. The number of hydrogen-bond acceptors (Lipinski definition) is 4. The number of carbonyl (C=O) groups is 3. The van der Waals surface area contributed by atoms with Gasteiger partial charge in [0.25, 0.3) is 0 Å². The van der Waals surface area contributed by atoms with Crippen LogP contribution < -0.4 is 5.32 Å². The third-order valence-corrected chi connectivity index (χ3v) is 4.33. The van der Waals surface area contributed by atoms with Crippen LogP contribution in [-0.4, -0.2) is 35.5 Å². The predicted molar refractivity (Wildman–Crippen MR) is 73.2 cm³/mol. The van der Waals surface area contributed by atoms with Gasteiger partial charge in [-0.1, -0.05) is 0 Å². The highest BCUT2D eigenvalue weighted by Gasteiger charge is 2.46. The minimum absolute atomic E-state index is 0.0579. The molecular formula is C15H20F3NO4. The van der Waals surface area contributed by atoms with Gasteiger partial charge < -0.3 is 10.1 Å². The number of alkyl halides is 3. The number of esters is 1. The van der Waals surface area contributed by atoms with Crippen molar-refractivity contribution in [1.29, 1.82) is 0 Å². The molecule has 5 nitrogen and oxygen atoms in total. The molecule has 0 spiro atoms. The van der Waals surface area contributed by atoms with Crippen molar-refractivity contribution in [2.45, 2.75) is 63.8 Å². The second-order valence-electron chi connectivity index (χ2n) is 6.86. The molecule has 1 heterocycles. The zero-order valence-electron chi connectivity index (χ0n) is 13.0. The van der Waals surface area contributed by atoms with Crippen LogP contribution in [0.4, 0.5) is 13.2 Å². The molecule has 2 rings (SSSR count). The normalized spacial score (nSPS) is 31.4. The van der Waals surface area contributed by atoms with Gasteiger partial charge in [-0.15, -0.1) is 0 Å². The third-order valence-electron chi connectivity index (χ3n) is 4.33. The van der Waals surface area contributed by atoms with Crippen molar-refractivity contribution in [3.8, 4) is 0 Å². The van der Waals surface area contributed by atoms with Crippen LogP contribution in [0, 0.1) is 11.8 Å². The maximum Gasteiger partial charge on any atom is 0.391 e. The number of rotatable bonds is 2. The number of Topliss-reactive ketones (excluding diaryl/α,β-unsaturated/α-hetero) is 1. The lowest BCUT2D eigenvalue weighted by Crippen LogP contribution is -2.52. The van der Waals surface area contributed by atoms with Gasteiger partial charge in [-0.25, -0.2) is 0 Å². The molecule has 0 aromatic carbocycles. The Labute approximate surface area is 131 Å². The van der Waals surface area contributed by atoms with E-state index in [0.717, 1.165) is 0 Å². The maximum atomic E-state index is 12.6. The Morgan fingerprint density at radius 2 is 1.74 bits per heavy atom. The number of nitrogens with one attached hydrogen (secondary N) is 1. The van der Waals surface area contributed by atoms with Gasteiger partial charge in [0, 0.05) is 12.5 Å². The highest BCUT2D eigenvalue weighted by molar-refractivity contribution is 6.18. The van der Waals surface area contributed by atoms with E-state index in [2.05, 4.69) is 5.32 Å². The molecule has 0 radical (unpaired) electrons. The molecule has 1 saturated carbocycles. The predicted octanol–water partition coefficient (Wildman–Crippen LogP) is 2.13. The molecule has 2 aliphatic rings. The summed E-state index contributed by atoms with van der Waals surface area (Å²) >= 11 is 0. The molecule has 1 unspecified atom stereocenters. The fraction of sp³-hybridized carbons (Fsp3) is 0.800. The minimum Gasteiger partial charge on any atom is -0.458 e. The van der Waals surface area contributed by atoms with Crippen LogP contribution in [0.1, 0.15) is 46.0 Å². The van der Waals surface area contributed by atoms with Crippen LogP contribution in [0.2, 0.25) is 0 Å². The van der Waals surface area contributed by atoms with Gasteiger partial charge in [-0.2, -0.15) is 13.2 Å². The van der Waals surface area contributed by atoms with Crippen LogP contribution in [0.15, 0.2) is 0 Å². The van der Waals surface area contributed by atoms with Crippen molar-refractivity contribution in [1.82, 2.24) is 5.32 Å². The summed E-state index contributed by atoms with van der Waals surface area (Å²) in [5.74, 6) is -5.05. The molecule has 1 aliphatic carbocycles. The van der Waals surface area contributed by atoms with E-state index in [9.17, 15) is 27.6 Å². The summed E-state index contributed by atoms with van der Waals surface area (Å²) in [6.07, 6.45) is -4.05. The topological polar surface area (TPSA) is 72.5 Å². The second kappa shape index (κ2) is 6.13. The van der Waals surface area contributed by atoms with E-state index < -0.39 is 47.3 Å². The van der Waals surface area contributed by atoms with E-state index in [1.807, 2.05) is 0 Å². The third kappa shape index (κ3) is 4.23. The Hall–Kier alpha value is -1.60. The number of ether oxygens (including phenoxy) is 1.